The van der Waals surface area contributed by atoms with Gasteiger partial charge in [-0.1, -0.05) is 19.1 Å². The number of imide groups is 1. The fraction of sp³-hybridized carbons (Fsp3) is 0.300. The van der Waals surface area contributed by atoms with Gasteiger partial charge in [-0.2, -0.15) is 0 Å². The predicted octanol–water partition coefficient (Wildman–Crippen LogP) is 3.39. The van der Waals surface area contributed by atoms with Crippen LogP contribution < -0.4 is 15.0 Å². The summed E-state index contributed by atoms with van der Waals surface area (Å²) in [5, 5.41) is 3.19. The Kier molecular flexibility index (Phi) is 5.03. The summed E-state index contributed by atoms with van der Waals surface area (Å²) in [6.07, 6.45) is 1.08. The summed E-state index contributed by atoms with van der Waals surface area (Å²) in [7, 11) is 0. The topological polar surface area (TPSA) is 58.6 Å². The van der Waals surface area contributed by atoms with E-state index in [1.807, 2.05) is 31.2 Å². The van der Waals surface area contributed by atoms with Crippen molar-refractivity contribution >= 4 is 23.2 Å². The van der Waals surface area contributed by atoms with E-state index in [0.29, 0.717) is 12.3 Å². The van der Waals surface area contributed by atoms with Crippen molar-refractivity contribution in [2.24, 2.45) is 0 Å². The summed E-state index contributed by atoms with van der Waals surface area (Å²) in [5.41, 5.74) is 2.62. The highest BCUT2D eigenvalue weighted by molar-refractivity contribution is 6.23. The molecule has 2 aromatic carbocycles. The van der Waals surface area contributed by atoms with E-state index in [2.05, 4.69) is 12.2 Å². The first-order chi connectivity index (χ1) is 12.1. The molecule has 1 saturated heterocycles. The van der Waals surface area contributed by atoms with Gasteiger partial charge in [0.05, 0.1) is 18.7 Å². The van der Waals surface area contributed by atoms with Crippen LogP contribution in [0.4, 0.5) is 11.4 Å². The number of aryl methyl sites for hydroxylation is 1. The van der Waals surface area contributed by atoms with Crippen molar-refractivity contribution in [1.29, 1.82) is 0 Å². The molecule has 130 valence electrons. The van der Waals surface area contributed by atoms with Crippen LogP contribution in [0.2, 0.25) is 0 Å². The molecular weight excluding hydrogens is 316 g/mol. The van der Waals surface area contributed by atoms with Crippen LogP contribution in [0.5, 0.6) is 5.75 Å². The highest BCUT2D eigenvalue weighted by Gasteiger charge is 2.39. The van der Waals surface area contributed by atoms with Crippen molar-refractivity contribution in [2.75, 3.05) is 16.8 Å². The molecule has 0 aromatic heterocycles. The number of hydrogen-bond donors (Lipinski definition) is 1. The Hall–Kier alpha value is -2.82. The normalized spacial score (nSPS) is 17.0. The summed E-state index contributed by atoms with van der Waals surface area (Å²) in [6.45, 7) is 4.56. The minimum atomic E-state index is -0.536. The zero-order valence-corrected chi connectivity index (χ0v) is 14.5. The van der Waals surface area contributed by atoms with Crippen molar-refractivity contribution in [3.8, 4) is 5.75 Å². The number of carbonyl (C=O) groups is 2. The molecule has 1 N–H and O–H groups in total. The van der Waals surface area contributed by atoms with Gasteiger partial charge in [-0.25, -0.2) is 4.90 Å². The third-order valence-corrected chi connectivity index (χ3v) is 4.23. The van der Waals surface area contributed by atoms with E-state index in [-0.39, 0.29) is 18.2 Å². The van der Waals surface area contributed by atoms with Gasteiger partial charge in [0.25, 0.3) is 5.91 Å². The maximum atomic E-state index is 12.7. The van der Waals surface area contributed by atoms with E-state index >= 15 is 0 Å². The molecule has 1 atom stereocenters. The van der Waals surface area contributed by atoms with Gasteiger partial charge in [-0.05, 0) is 55.3 Å². The summed E-state index contributed by atoms with van der Waals surface area (Å²) >= 11 is 0. The Morgan fingerprint density at radius 1 is 1.12 bits per heavy atom. The molecule has 0 radical (unpaired) electrons. The second-order valence-electron chi connectivity index (χ2n) is 5.95. The Morgan fingerprint density at radius 3 is 2.56 bits per heavy atom. The van der Waals surface area contributed by atoms with Crippen LogP contribution in [0.15, 0.2) is 48.5 Å². The molecule has 1 heterocycles. The van der Waals surface area contributed by atoms with Gasteiger partial charge < -0.3 is 10.1 Å². The number of amides is 2. The molecule has 1 aliphatic rings. The van der Waals surface area contributed by atoms with E-state index in [1.165, 1.54) is 10.5 Å². The zero-order valence-electron chi connectivity index (χ0n) is 14.5. The van der Waals surface area contributed by atoms with Crippen LogP contribution in [0, 0.1) is 0 Å². The Bertz CT molecular complexity index is 771. The molecule has 0 aliphatic carbocycles. The summed E-state index contributed by atoms with van der Waals surface area (Å²) in [6, 6.07) is 14.4. The number of ether oxygens (including phenoxy) is 1. The van der Waals surface area contributed by atoms with Gasteiger partial charge in [0.2, 0.25) is 5.91 Å². The third-order valence-electron chi connectivity index (χ3n) is 4.23. The monoisotopic (exact) mass is 338 g/mol. The molecule has 5 heteroatoms. The quantitative estimate of drug-likeness (QED) is 0.820. The molecule has 25 heavy (non-hydrogen) atoms. The molecule has 2 amide bonds. The summed E-state index contributed by atoms with van der Waals surface area (Å²) in [5.74, 6) is 0.297. The van der Waals surface area contributed by atoms with E-state index in [4.69, 9.17) is 4.74 Å². The minimum Gasteiger partial charge on any atom is -0.494 e. The predicted molar refractivity (Wildman–Crippen MR) is 98.0 cm³/mol. The standard InChI is InChI=1S/C20H22N2O3/c1-3-14-6-5-7-15(12-14)21-18-13-19(23)22(20(18)24)16-8-10-17(11-9-16)25-4-2/h5-12,18,21H,3-4,13H2,1-2H3. The van der Waals surface area contributed by atoms with Gasteiger partial charge in [-0.15, -0.1) is 0 Å². The lowest BCUT2D eigenvalue weighted by Crippen LogP contribution is -2.34. The number of anilines is 2. The van der Waals surface area contributed by atoms with Crippen LogP contribution in [0.3, 0.4) is 0 Å². The van der Waals surface area contributed by atoms with Crippen LogP contribution in [0.25, 0.3) is 0 Å². The highest BCUT2D eigenvalue weighted by atomic mass is 16.5. The first-order valence-electron chi connectivity index (χ1n) is 8.57. The molecule has 0 saturated carbocycles. The minimum absolute atomic E-state index is 0.155. The zero-order chi connectivity index (χ0) is 17.8. The van der Waals surface area contributed by atoms with Crippen LogP contribution in [-0.2, 0) is 16.0 Å². The number of carbonyl (C=O) groups excluding carboxylic acids is 2. The molecule has 1 unspecified atom stereocenters. The van der Waals surface area contributed by atoms with Crippen LogP contribution in [-0.4, -0.2) is 24.5 Å². The molecular formula is C20H22N2O3. The van der Waals surface area contributed by atoms with Gasteiger partial charge in [0, 0.05) is 5.69 Å². The largest absolute Gasteiger partial charge is 0.494 e. The van der Waals surface area contributed by atoms with Gasteiger partial charge in [0.1, 0.15) is 11.8 Å². The van der Waals surface area contributed by atoms with Crippen molar-refractivity contribution in [3.05, 3.63) is 54.1 Å². The van der Waals surface area contributed by atoms with Gasteiger partial charge >= 0.3 is 0 Å². The van der Waals surface area contributed by atoms with Crippen LogP contribution >= 0.6 is 0 Å². The Balaban J connectivity index is 1.75. The van der Waals surface area contributed by atoms with Crippen molar-refractivity contribution in [3.63, 3.8) is 0 Å². The smallest absolute Gasteiger partial charge is 0.256 e. The second kappa shape index (κ2) is 7.38. The average molecular weight is 338 g/mol. The maximum absolute atomic E-state index is 12.7. The van der Waals surface area contributed by atoms with E-state index < -0.39 is 6.04 Å². The van der Waals surface area contributed by atoms with Crippen molar-refractivity contribution in [1.82, 2.24) is 0 Å². The number of nitrogens with one attached hydrogen (secondary N) is 1. The molecule has 2 aromatic rings. The van der Waals surface area contributed by atoms with E-state index in [1.54, 1.807) is 24.3 Å². The lowest BCUT2D eigenvalue weighted by molar-refractivity contribution is -0.121. The van der Waals surface area contributed by atoms with Crippen molar-refractivity contribution < 1.29 is 14.3 Å². The Morgan fingerprint density at radius 2 is 1.88 bits per heavy atom. The lowest BCUT2D eigenvalue weighted by Gasteiger charge is -2.17. The second-order valence-corrected chi connectivity index (χ2v) is 5.95. The fourth-order valence-electron chi connectivity index (χ4n) is 2.96. The Labute approximate surface area is 147 Å². The van der Waals surface area contributed by atoms with Gasteiger partial charge in [-0.3, -0.25) is 9.59 Å². The fourth-order valence-corrected chi connectivity index (χ4v) is 2.96. The molecule has 0 bridgehead atoms. The molecule has 3 rings (SSSR count). The molecule has 5 nitrogen and oxygen atoms in total. The lowest BCUT2D eigenvalue weighted by atomic mass is 10.1. The summed E-state index contributed by atoms with van der Waals surface area (Å²) in [4.78, 5) is 26.3. The number of nitrogens with zero attached hydrogens (tertiary/aromatic N) is 1. The molecule has 0 spiro atoms. The maximum Gasteiger partial charge on any atom is 0.256 e. The molecule has 1 aliphatic heterocycles. The third kappa shape index (κ3) is 3.65. The van der Waals surface area contributed by atoms with Crippen molar-refractivity contribution in [2.45, 2.75) is 32.7 Å². The first kappa shape index (κ1) is 17.0. The SMILES string of the molecule is CCOc1ccc(N2C(=O)CC(Nc3cccc(CC)c3)C2=O)cc1. The highest BCUT2D eigenvalue weighted by Crippen LogP contribution is 2.27. The number of rotatable bonds is 6. The van der Waals surface area contributed by atoms with E-state index in [0.717, 1.165) is 17.9 Å². The summed E-state index contributed by atoms with van der Waals surface area (Å²) < 4.78 is 5.40. The number of benzene rings is 2. The van der Waals surface area contributed by atoms with Crippen LogP contribution in [0.1, 0.15) is 25.8 Å². The number of hydrogen-bond acceptors (Lipinski definition) is 4. The first-order valence-corrected chi connectivity index (χ1v) is 8.57. The van der Waals surface area contributed by atoms with E-state index in [9.17, 15) is 9.59 Å². The average Bonchev–Trinajstić information content (AvgIpc) is 2.90. The van der Waals surface area contributed by atoms with Gasteiger partial charge in [0.15, 0.2) is 0 Å². The molecule has 1 fully saturated rings.